The normalized spacial score (nSPS) is 14.0. The molecule has 0 saturated heterocycles. The molecule has 2 N–H and O–H groups in total. The maximum Gasteiger partial charge on any atom is 0.331 e. The largest absolute Gasteiger partial charge is 0.478 e. The van der Waals surface area contributed by atoms with Crippen LogP contribution in [0.5, 0.6) is 0 Å². The van der Waals surface area contributed by atoms with Crippen LogP contribution < -0.4 is 0 Å². The van der Waals surface area contributed by atoms with Gasteiger partial charge in [0, 0.05) is 12.2 Å². The third-order valence-electron chi connectivity index (χ3n) is 3.09. The van der Waals surface area contributed by atoms with E-state index in [1.165, 1.54) is 0 Å². The van der Waals surface area contributed by atoms with Crippen molar-refractivity contribution in [1.29, 1.82) is 0 Å². The number of hydrogen-bond acceptors (Lipinski definition) is 4. The van der Waals surface area contributed by atoms with Crippen LogP contribution in [-0.2, 0) is 14.3 Å². The second-order valence-corrected chi connectivity index (χ2v) is 4.79. The molecule has 5 heteroatoms. The molecule has 0 amide bonds. The van der Waals surface area contributed by atoms with Crippen LogP contribution in [0.25, 0.3) is 0 Å². The Morgan fingerprint density at radius 2 is 1.82 bits per heavy atom. The van der Waals surface area contributed by atoms with Crippen molar-refractivity contribution in [2.75, 3.05) is 6.61 Å². The van der Waals surface area contributed by atoms with Gasteiger partial charge < -0.3 is 14.9 Å². The standard InChI is InChI=1S/C12H20O5/c1-8(2)12(3,4)9(13)7-17-11(16)6-5-10(14)15/h5-6,8-9,13H,7H2,1-4H3,(H,14,15)/b6-5+. The van der Waals surface area contributed by atoms with Crippen molar-refractivity contribution >= 4 is 11.9 Å². The van der Waals surface area contributed by atoms with Crippen molar-refractivity contribution in [3.05, 3.63) is 12.2 Å². The van der Waals surface area contributed by atoms with Gasteiger partial charge in [-0.05, 0) is 11.3 Å². The van der Waals surface area contributed by atoms with Crippen LogP contribution in [0.4, 0.5) is 0 Å². The van der Waals surface area contributed by atoms with Gasteiger partial charge in [-0.3, -0.25) is 0 Å². The Morgan fingerprint density at radius 3 is 2.24 bits per heavy atom. The van der Waals surface area contributed by atoms with E-state index < -0.39 is 18.0 Å². The first-order chi connectivity index (χ1) is 7.67. The molecule has 0 spiro atoms. The van der Waals surface area contributed by atoms with Crippen molar-refractivity contribution in [3.63, 3.8) is 0 Å². The van der Waals surface area contributed by atoms with Crippen LogP contribution in [0.1, 0.15) is 27.7 Å². The number of hydrogen-bond donors (Lipinski definition) is 2. The zero-order valence-corrected chi connectivity index (χ0v) is 10.6. The van der Waals surface area contributed by atoms with Crippen molar-refractivity contribution < 1.29 is 24.5 Å². The smallest absolute Gasteiger partial charge is 0.331 e. The minimum atomic E-state index is -1.22. The summed E-state index contributed by atoms with van der Waals surface area (Å²) in [5.41, 5.74) is -0.378. The molecule has 0 aliphatic rings. The predicted molar refractivity (Wildman–Crippen MR) is 62.4 cm³/mol. The molecule has 0 aliphatic heterocycles. The van der Waals surface area contributed by atoms with Gasteiger partial charge in [-0.25, -0.2) is 9.59 Å². The van der Waals surface area contributed by atoms with Gasteiger partial charge in [0.1, 0.15) is 6.61 Å². The summed E-state index contributed by atoms with van der Waals surface area (Å²) in [4.78, 5) is 21.2. The topological polar surface area (TPSA) is 83.8 Å². The molecule has 5 nitrogen and oxygen atoms in total. The van der Waals surface area contributed by atoms with Crippen LogP contribution in [0.15, 0.2) is 12.2 Å². The summed E-state index contributed by atoms with van der Waals surface area (Å²) in [5, 5.41) is 18.2. The van der Waals surface area contributed by atoms with Crippen LogP contribution >= 0.6 is 0 Å². The van der Waals surface area contributed by atoms with Gasteiger partial charge in [-0.1, -0.05) is 27.7 Å². The number of carboxylic acid groups (broad SMARTS) is 1. The SMILES string of the molecule is CC(C)C(C)(C)C(O)COC(=O)/C=C/C(=O)O. The van der Waals surface area contributed by atoms with Gasteiger partial charge in [-0.15, -0.1) is 0 Å². The number of rotatable bonds is 6. The predicted octanol–water partition coefficient (Wildman–Crippen LogP) is 1.21. The van der Waals surface area contributed by atoms with Gasteiger partial charge in [0.15, 0.2) is 0 Å². The quantitative estimate of drug-likeness (QED) is 0.542. The lowest BCUT2D eigenvalue weighted by molar-refractivity contribution is -0.144. The van der Waals surface area contributed by atoms with E-state index in [4.69, 9.17) is 9.84 Å². The Morgan fingerprint density at radius 1 is 1.29 bits per heavy atom. The van der Waals surface area contributed by atoms with Crippen molar-refractivity contribution in [1.82, 2.24) is 0 Å². The molecule has 1 atom stereocenters. The molecule has 0 aromatic rings. The second-order valence-electron chi connectivity index (χ2n) is 4.79. The summed E-state index contributed by atoms with van der Waals surface area (Å²) < 4.78 is 4.75. The zero-order chi connectivity index (χ0) is 13.6. The van der Waals surface area contributed by atoms with Crippen LogP contribution in [-0.4, -0.2) is 34.9 Å². The average molecular weight is 244 g/mol. The van der Waals surface area contributed by atoms with Crippen LogP contribution in [0.3, 0.4) is 0 Å². The number of carbonyl (C=O) groups is 2. The summed E-state index contributed by atoms with van der Waals surface area (Å²) in [6.07, 6.45) is 0.726. The summed E-state index contributed by atoms with van der Waals surface area (Å²) >= 11 is 0. The fourth-order valence-corrected chi connectivity index (χ4v) is 0.948. The average Bonchev–Trinajstić information content (AvgIpc) is 2.22. The molecule has 98 valence electrons. The number of esters is 1. The lowest BCUT2D eigenvalue weighted by Gasteiger charge is -2.33. The van der Waals surface area contributed by atoms with E-state index in [0.717, 1.165) is 6.08 Å². The molecular weight excluding hydrogens is 224 g/mol. The maximum absolute atomic E-state index is 11.1. The van der Waals surface area contributed by atoms with Crippen molar-refractivity contribution in [2.45, 2.75) is 33.8 Å². The summed E-state index contributed by atoms with van der Waals surface area (Å²) in [6, 6.07) is 0. The zero-order valence-electron chi connectivity index (χ0n) is 10.6. The second kappa shape index (κ2) is 6.39. The molecule has 0 rings (SSSR count). The third-order valence-corrected chi connectivity index (χ3v) is 3.09. The lowest BCUT2D eigenvalue weighted by atomic mass is 9.76. The number of carbonyl (C=O) groups excluding carboxylic acids is 1. The fraction of sp³-hybridized carbons (Fsp3) is 0.667. The number of ether oxygens (including phenoxy) is 1. The number of aliphatic hydroxyl groups is 1. The van der Waals surface area contributed by atoms with E-state index in [1.54, 1.807) is 0 Å². The molecule has 0 heterocycles. The highest BCUT2D eigenvalue weighted by atomic mass is 16.5. The van der Waals surface area contributed by atoms with E-state index in [9.17, 15) is 14.7 Å². The third kappa shape index (κ3) is 5.49. The number of aliphatic carboxylic acids is 1. The summed E-state index contributed by atoms with van der Waals surface area (Å²) in [7, 11) is 0. The number of carboxylic acids is 1. The van der Waals surface area contributed by atoms with Gasteiger partial charge >= 0.3 is 11.9 Å². The van der Waals surface area contributed by atoms with Gasteiger partial charge in [0.2, 0.25) is 0 Å². The molecular formula is C12H20O5. The Bertz CT molecular complexity index is 304. The summed E-state index contributed by atoms with van der Waals surface area (Å²) in [5.74, 6) is -1.76. The minimum Gasteiger partial charge on any atom is -0.478 e. The Kier molecular flexibility index (Phi) is 5.88. The van der Waals surface area contributed by atoms with Crippen LogP contribution in [0.2, 0.25) is 0 Å². The Labute approximate surface area is 101 Å². The first-order valence-electron chi connectivity index (χ1n) is 5.43. The van der Waals surface area contributed by atoms with E-state index in [0.29, 0.717) is 6.08 Å². The molecule has 0 saturated carbocycles. The summed E-state index contributed by atoms with van der Waals surface area (Å²) in [6.45, 7) is 7.55. The monoisotopic (exact) mass is 244 g/mol. The molecule has 0 aliphatic carbocycles. The van der Waals surface area contributed by atoms with E-state index in [-0.39, 0.29) is 17.9 Å². The van der Waals surface area contributed by atoms with Gasteiger partial charge in [0.25, 0.3) is 0 Å². The molecule has 1 unspecified atom stereocenters. The lowest BCUT2D eigenvalue weighted by Crippen LogP contribution is -2.38. The van der Waals surface area contributed by atoms with E-state index >= 15 is 0 Å². The molecule has 17 heavy (non-hydrogen) atoms. The van der Waals surface area contributed by atoms with Crippen molar-refractivity contribution in [3.8, 4) is 0 Å². The molecule has 0 aromatic heterocycles. The van der Waals surface area contributed by atoms with Crippen molar-refractivity contribution in [2.24, 2.45) is 11.3 Å². The highest BCUT2D eigenvalue weighted by Crippen LogP contribution is 2.30. The van der Waals surface area contributed by atoms with E-state index in [1.807, 2.05) is 27.7 Å². The number of aliphatic hydroxyl groups excluding tert-OH is 1. The highest BCUT2D eigenvalue weighted by molar-refractivity contribution is 5.90. The van der Waals surface area contributed by atoms with Gasteiger partial charge in [0.05, 0.1) is 6.10 Å². The van der Waals surface area contributed by atoms with Gasteiger partial charge in [-0.2, -0.15) is 0 Å². The minimum absolute atomic E-state index is 0.145. The van der Waals surface area contributed by atoms with E-state index in [2.05, 4.69) is 0 Å². The molecule has 0 fully saturated rings. The Hall–Kier alpha value is -1.36. The molecule has 0 aromatic carbocycles. The molecule has 0 radical (unpaired) electrons. The first kappa shape index (κ1) is 15.6. The maximum atomic E-state index is 11.1. The molecule has 0 bridgehead atoms. The first-order valence-corrected chi connectivity index (χ1v) is 5.43. The Balaban J connectivity index is 4.21. The fourth-order valence-electron chi connectivity index (χ4n) is 0.948. The van der Waals surface area contributed by atoms with Crippen LogP contribution in [0, 0.1) is 11.3 Å². The highest BCUT2D eigenvalue weighted by Gasteiger charge is 2.31.